The molecule has 0 N–H and O–H groups in total. The zero-order valence-corrected chi connectivity index (χ0v) is 7.45. The van der Waals surface area contributed by atoms with Crippen molar-refractivity contribution in [2.45, 2.75) is 0 Å². The van der Waals surface area contributed by atoms with Gasteiger partial charge in [0.2, 0.25) is 5.75 Å². The van der Waals surface area contributed by atoms with E-state index in [9.17, 15) is 10.1 Å². The van der Waals surface area contributed by atoms with Crippen LogP contribution in [0.3, 0.4) is 0 Å². The van der Waals surface area contributed by atoms with E-state index in [1.807, 2.05) is 0 Å². The summed E-state index contributed by atoms with van der Waals surface area (Å²) in [7, 11) is 1.26. The number of rotatable bonds is 3. The van der Waals surface area contributed by atoms with Crippen molar-refractivity contribution in [1.29, 1.82) is 0 Å². The number of nitro groups is 1. The molecule has 0 saturated carbocycles. The first-order valence-electron chi connectivity index (χ1n) is 3.29. The SMILES string of the molecule is COOc1ccc(Cl)cc1[N+](=O)[O-]. The molecule has 0 bridgehead atoms. The van der Waals surface area contributed by atoms with Crippen molar-refractivity contribution in [1.82, 2.24) is 0 Å². The van der Waals surface area contributed by atoms with Crippen LogP contribution in [0.4, 0.5) is 5.69 Å². The Morgan fingerprint density at radius 1 is 1.54 bits per heavy atom. The van der Waals surface area contributed by atoms with Crippen molar-refractivity contribution in [3.63, 3.8) is 0 Å². The molecule has 1 rings (SSSR count). The van der Waals surface area contributed by atoms with E-state index >= 15 is 0 Å². The maximum absolute atomic E-state index is 10.5. The summed E-state index contributed by atoms with van der Waals surface area (Å²) in [5.74, 6) is 0.0249. The van der Waals surface area contributed by atoms with E-state index in [1.165, 1.54) is 25.3 Å². The van der Waals surface area contributed by atoms with E-state index in [2.05, 4.69) is 9.78 Å². The highest BCUT2D eigenvalue weighted by atomic mass is 35.5. The number of nitrogens with zero attached hydrogens (tertiary/aromatic N) is 1. The van der Waals surface area contributed by atoms with Gasteiger partial charge in [-0.2, -0.15) is 4.89 Å². The summed E-state index contributed by atoms with van der Waals surface area (Å²) in [5, 5.41) is 10.7. The highest BCUT2D eigenvalue weighted by molar-refractivity contribution is 6.30. The van der Waals surface area contributed by atoms with Crippen molar-refractivity contribution in [2.24, 2.45) is 0 Å². The van der Waals surface area contributed by atoms with Gasteiger partial charge in [0.1, 0.15) is 0 Å². The van der Waals surface area contributed by atoms with Gasteiger partial charge in [-0.05, 0) is 12.1 Å². The zero-order chi connectivity index (χ0) is 9.84. The first-order chi connectivity index (χ1) is 6.15. The normalized spacial score (nSPS) is 9.69. The molecular weight excluding hydrogens is 198 g/mol. The molecule has 1 aromatic carbocycles. The van der Waals surface area contributed by atoms with Gasteiger partial charge in [0, 0.05) is 11.1 Å². The monoisotopic (exact) mass is 203 g/mol. The number of hydrogen-bond acceptors (Lipinski definition) is 4. The quantitative estimate of drug-likeness (QED) is 0.429. The smallest absolute Gasteiger partial charge is 0.316 e. The fraction of sp³-hybridized carbons (Fsp3) is 0.143. The highest BCUT2D eigenvalue weighted by Gasteiger charge is 2.16. The van der Waals surface area contributed by atoms with Crippen LogP contribution in [0.25, 0.3) is 0 Å². The largest absolute Gasteiger partial charge is 0.330 e. The van der Waals surface area contributed by atoms with Gasteiger partial charge in [-0.15, -0.1) is 0 Å². The first kappa shape index (κ1) is 9.76. The molecule has 1 aromatic rings. The lowest BCUT2D eigenvalue weighted by Gasteiger charge is -2.01. The lowest BCUT2D eigenvalue weighted by molar-refractivity contribution is -0.388. The lowest BCUT2D eigenvalue weighted by Crippen LogP contribution is -1.96. The van der Waals surface area contributed by atoms with Gasteiger partial charge in [-0.25, -0.2) is 0 Å². The molecule has 0 fully saturated rings. The Hall–Kier alpha value is -1.33. The van der Waals surface area contributed by atoms with Gasteiger partial charge in [0.15, 0.2) is 0 Å². The Morgan fingerprint density at radius 2 is 2.23 bits per heavy atom. The minimum atomic E-state index is -0.597. The van der Waals surface area contributed by atoms with Crippen LogP contribution in [0.5, 0.6) is 5.75 Å². The van der Waals surface area contributed by atoms with Crippen LogP contribution in [0.1, 0.15) is 0 Å². The molecule has 0 atom stereocenters. The van der Waals surface area contributed by atoms with Gasteiger partial charge in [-0.3, -0.25) is 10.1 Å². The molecule has 0 aromatic heterocycles. The summed E-state index contributed by atoms with van der Waals surface area (Å²) in [6.45, 7) is 0. The van der Waals surface area contributed by atoms with E-state index in [1.54, 1.807) is 0 Å². The van der Waals surface area contributed by atoms with Crippen molar-refractivity contribution in [3.8, 4) is 5.75 Å². The van der Waals surface area contributed by atoms with Crippen molar-refractivity contribution in [3.05, 3.63) is 33.3 Å². The van der Waals surface area contributed by atoms with E-state index in [-0.39, 0.29) is 16.5 Å². The van der Waals surface area contributed by atoms with Crippen LogP contribution >= 0.6 is 11.6 Å². The average molecular weight is 204 g/mol. The number of nitro benzene ring substituents is 1. The molecule has 0 aliphatic rings. The first-order valence-corrected chi connectivity index (χ1v) is 3.67. The molecule has 5 nitrogen and oxygen atoms in total. The zero-order valence-electron chi connectivity index (χ0n) is 6.69. The van der Waals surface area contributed by atoms with Gasteiger partial charge in [0.25, 0.3) is 0 Å². The summed E-state index contributed by atoms with van der Waals surface area (Å²) in [5.41, 5.74) is -0.227. The van der Waals surface area contributed by atoms with Crippen LogP contribution in [-0.2, 0) is 4.89 Å². The Bertz CT molecular complexity index is 328. The third kappa shape index (κ3) is 2.30. The van der Waals surface area contributed by atoms with Crippen LogP contribution in [0, 0.1) is 10.1 Å². The molecule has 13 heavy (non-hydrogen) atoms. The Kier molecular flexibility index (Phi) is 3.05. The summed E-state index contributed by atoms with van der Waals surface area (Å²) < 4.78 is 0. The highest BCUT2D eigenvalue weighted by Crippen LogP contribution is 2.29. The molecule has 0 radical (unpaired) electrons. The third-order valence-electron chi connectivity index (χ3n) is 1.29. The molecule has 0 heterocycles. The second-order valence-electron chi connectivity index (χ2n) is 2.12. The Balaban J connectivity index is 3.10. The molecule has 0 saturated heterocycles. The minimum absolute atomic E-state index is 0.0249. The Labute approximate surface area is 78.9 Å². The predicted octanol–water partition coefficient (Wildman–Crippen LogP) is 2.19. The fourth-order valence-electron chi connectivity index (χ4n) is 0.793. The lowest BCUT2D eigenvalue weighted by atomic mass is 10.3. The number of benzene rings is 1. The second-order valence-corrected chi connectivity index (χ2v) is 2.56. The fourth-order valence-corrected chi connectivity index (χ4v) is 0.960. The van der Waals surface area contributed by atoms with Crippen LogP contribution < -0.4 is 4.89 Å². The second kappa shape index (κ2) is 4.06. The molecule has 0 spiro atoms. The topological polar surface area (TPSA) is 61.6 Å². The molecule has 70 valence electrons. The average Bonchev–Trinajstić information content (AvgIpc) is 2.08. The van der Waals surface area contributed by atoms with E-state index in [4.69, 9.17) is 11.6 Å². The molecule has 6 heteroatoms. The standard InChI is InChI=1S/C7H6ClNO4/c1-12-13-7-3-2-5(8)4-6(7)9(10)11/h2-4H,1H3. The van der Waals surface area contributed by atoms with E-state index in [0.717, 1.165) is 0 Å². The van der Waals surface area contributed by atoms with E-state index < -0.39 is 4.92 Å². The molecule has 0 unspecified atom stereocenters. The summed E-state index contributed by atoms with van der Waals surface area (Å²) >= 11 is 5.56. The van der Waals surface area contributed by atoms with Crippen LogP contribution in [-0.4, -0.2) is 12.0 Å². The van der Waals surface area contributed by atoms with Crippen LogP contribution in [0.2, 0.25) is 5.02 Å². The summed E-state index contributed by atoms with van der Waals surface area (Å²) in [4.78, 5) is 18.7. The van der Waals surface area contributed by atoms with Gasteiger partial charge >= 0.3 is 5.69 Å². The van der Waals surface area contributed by atoms with E-state index in [0.29, 0.717) is 0 Å². The predicted molar refractivity (Wildman–Crippen MR) is 45.7 cm³/mol. The summed E-state index contributed by atoms with van der Waals surface area (Å²) in [6.07, 6.45) is 0. The third-order valence-corrected chi connectivity index (χ3v) is 1.53. The minimum Gasteiger partial charge on any atom is -0.330 e. The molecule has 0 aliphatic heterocycles. The Morgan fingerprint density at radius 3 is 2.77 bits per heavy atom. The van der Waals surface area contributed by atoms with Crippen molar-refractivity contribution < 1.29 is 14.7 Å². The molecular formula is C7H6ClNO4. The maximum Gasteiger partial charge on any atom is 0.316 e. The maximum atomic E-state index is 10.5. The molecule has 0 amide bonds. The molecule has 0 aliphatic carbocycles. The van der Waals surface area contributed by atoms with Gasteiger partial charge in [-0.1, -0.05) is 11.6 Å². The number of halogens is 1. The van der Waals surface area contributed by atoms with Gasteiger partial charge < -0.3 is 4.89 Å². The van der Waals surface area contributed by atoms with Crippen LogP contribution in [0.15, 0.2) is 18.2 Å². The van der Waals surface area contributed by atoms with Crippen molar-refractivity contribution in [2.75, 3.05) is 7.11 Å². The van der Waals surface area contributed by atoms with Crippen molar-refractivity contribution >= 4 is 17.3 Å². The number of hydrogen-bond donors (Lipinski definition) is 0. The van der Waals surface area contributed by atoms with Gasteiger partial charge in [0.05, 0.1) is 12.0 Å². The summed E-state index contributed by atoms with van der Waals surface area (Å²) in [6, 6.07) is 4.03.